The van der Waals surface area contributed by atoms with Crippen LogP contribution in [0.1, 0.15) is 51.0 Å². The van der Waals surface area contributed by atoms with Gasteiger partial charge in [0.05, 0.1) is 7.11 Å². The molecule has 0 bridgehead atoms. The molecule has 1 aliphatic carbocycles. The van der Waals surface area contributed by atoms with Crippen molar-refractivity contribution in [2.75, 3.05) is 20.2 Å². The molecule has 0 aromatic heterocycles. The van der Waals surface area contributed by atoms with E-state index >= 15 is 0 Å². The van der Waals surface area contributed by atoms with Crippen LogP contribution in [-0.2, 0) is 16.1 Å². The standard InChI is InChI=1S/C22H32N2O5/c1-15-5-3-4-6-19(15)29-22(27)24-11-9-17(10-12-24)21(26)23-14-16-7-8-18(25)20(13-16)28-2/h7-8,13,15,17,19,25H,3-6,9-12,14H2,1-2H3,(H,23,26)/t15-,19?/m0/s1. The second kappa shape index (κ2) is 9.85. The number of aromatic hydroxyl groups is 1. The predicted octanol–water partition coefficient (Wildman–Crippen LogP) is 3.44. The van der Waals surface area contributed by atoms with E-state index in [2.05, 4.69) is 12.2 Å². The average molecular weight is 405 g/mol. The molecule has 29 heavy (non-hydrogen) atoms. The largest absolute Gasteiger partial charge is 0.504 e. The molecule has 0 radical (unpaired) electrons. The van der Waals surface area contributed by atoms with Gasteiger partial charge in [0.2, 0.25) is 5.91 Å². The highest BCUT2D eigenvalue weighted by molar-refractivity contribution is 5.79. The summed E-state index contributed by atoms with van der Waals surface area (Å²) in [6.45, 7) is 3.62. The molecule has 2 atom stereocenters. The van der Waals surface area contributed by atoms with Crippen LogP contribution in [-0.4, -0.2) is 48.3 Å². The van der Waals surface area contributed by atoms with Gasteiger partial charge in [-0.2, -0.15) is 0 Å². The van der Waals surface area contributed by atoms with Crippen molar-refractivity contribution < 1.29 is 24.2 Å². The molecule has 160 valence electrons. The molecule has 1 unspecified atom stereocenters. The molecular weight excluding hydrogens is 372 g/mol. The van der Waals surface area contributed by atoms with Gasteiger partial charge in [-0.1, -0.05) is 19.4 Å². The zero-order valence-corrected chi connectivity index (χ0v) is 17.4. The van der Waals surface area contributed by atoms with Crippen LogP contribution in [0.3, 0.4) is 0 Å². The van der Waals surface area contributed by atoms with Gasteiger partial charge in [0, 0.05) is 25.6 Å². The topological polar surface area (TPSA) is 88.1 Å². The normalized spacial score (nSPS) is 22.8. The lowest BCUT2D eigenvalue weighted by Gasteiger charge is -2.34. The number of carbonyl (C=O) groups excluding carboxylic acids is 2. The fraction of sp³-hybridized carbons (Fsp3) is 0.636. The first kappa shape index (κ1) is 21.3. The molecule has 1 heterocycles. The van der Waals surface area contributed by atoms with Crippen molar-refractivity contribution in [3.8, 4) is 11.5 Å². The number of nitrogens with zero attached hydrogens (tertiary/aromatic N) is 1. The summed E-state index contributed by atoms with van der Waals surface area (Å²) in [5.41, 5.74) is 0.857. The maximum absolute atomic E-state index is 12.5. The minimum Gasteiger partial charge on any atom is -0.504 e. The summed E-state index contributed by atoms with van der Waals surface area (Å²) in [4.78, 5) is 26.7. The Morgan fingerprint density at radius 3 is 2.59 bits per heavy atom. The number of carbonyl (C=O) groups is 2. The number of nitrogens with one attached hydrogen (secondary N) is 1. The third-order valence-electron chi connectivity index (χ3n) is 6.12. The number of phenols is 1. The minimum atomic E-state index is -0.237. The van der Waals surface area contributed by atoms with Crippen molar-refractivity contribution in [3.05, 3.63) is 23.8 Å². The first-order chi connectivity index (χ1) is 14.0. The Labute approximate surface area is 172 Å². The molecule has 1 aliphatic heterocycles. The smallest absolute Gasteiger partial charge is 0.410 e. The minimum absolute atomic E-state index is 0.00837. The zero-order valence-electron chi connectivity index (χ0n) is 17.4. The maximum Gasteiger partial charge on any atom is 0.410 e. The number of hydrogen-bond donors (Lipinski definition) is 2. The number of likely N-dealkylation sites (tertiary alicyclic amines) is 1. The van der Waals surface area contributed by atoms with E-state index in [1.54, 1.807) is 23.1 Å². The van der Waals surface area contributed by atoms with E-state index in [4.69, 9.17) is 9.47 Å². The number of hydrogen-bond acceptors (Lipinski definition) is 5. The SMILES string of the molecule is COc1cc(CNC(=O)C2CCN(C(=O)OC3CCCC[C@@H]3C)CC2)ccc1O. The van der Waals surface area contributed by atoms with E-state index in [-0.39, 0.29) is 29.8 Å². The van der Waals surface area contributed by atoms with Crippen molar-refractivity contribution in [3.63, 3.8) is 0 Å². The Hall–Kier alpha value is -2.44. The summed E-state index contributed by atoms with van der Waals surface area (Å²) in [5, 5.41) is 12.6. The van der Waals surface area contributed by atoms with E-state index in [0.29, 0.717) is 44.1 Å². The number of methoxy groups -OCH3 is 1. The molecule has 7 heteroatoms. The van der Waals surface area contributed by atoms with Gasteiger partial charge in [-0.3, -0.25) is 4.79 Å². The predicted molar refractivity (Wildman–Crippen MR) is 109 cm³/mol. The second-order valence-corrected chi connectivity index (χ2v) is 8.17. The Morgan fingerprint density at radius 1 is 1.17 bits per heavy atom. The molecule has 1 aromatic rings. The first-order valence-corrected chi connectivity index (χ1v) is 10.6. The third kappa shape index (κ3) is 5.55. The number of piperidine rings is 1. The fourth-order valence-electron chi connectivity index (χ4n) is 4.15. The third-order valence-corrected chi connectivity index (χ3v) is 6.12. The summed E-state index contributed by atoms with van der Waals surface area (Å²) >= 11 is 0. The number of ether oxygens (including phenoxy) is 2. The van der Waals surface area contributed by atoms with Gasteiger partial charge in [-0.05, 0) is 55.7 Å². The summed E-state index contributed by atoms with van der Waals surface area (Å²) < 4.78 is 10.8. The van der Waals surface area contributed by atoms with Gasteiger partial charge >= 0.3 is 6.09 Å². The summed E-state index contributed by atoms with van der Waals surface area (Å²) in [6, 6.07) is 5.01. The highest BCUT2D eigenvalue weighted by atomic mass is 16.6. The van der Waals surface area contributed by atoms with Gasteiger partial charge < -0.3 is 24.8 Å². The highest BCUT2D eigenvalue weighted by Gasteiger charge is 2.31. The second-order valence-electron chi connectivity index (χ2n) is 8.17. The van der Waals surface area contributed by atoms with Crippen LogP contribution in [0.25, 0.3) is 0 Å². The molecule has 7 nitrogen and oxygen atoms in total. The Bertz CT molecular complexity index is 715. The molecule has 2 N–H and O–H groups in total. The number of rotatable bonds is 5. The van der Waals surface area contributed by atoms with Crippen LogP contribution in [0.2, 0.25) is 0 Å². The zero-order chi connectivity index (χ0) is 20.8. The molecule has 1 saturated heterocycles. The molecule has 2 amide bonds. The van der Waals surface area contributed by atoms with Crippen LogP contribution in [0.5, 0.6) is 11.5 Å². The summed E-state index contributed by atoms with van der Waals surface area (Å²) in [6.07, 6.45) is 5.48. The summed E-state index contributed by atoms with van der Waals surface area (Å²) in [5.74, 6) is 0.771. The van der Waals surface area contributed by atoms with E-state index < -0.39 is 0 Å². The van der Waals surface area contributed by atoms with Crippen LogP contribution >= 0.6 is 0 Å². The Morgan fingerprint density at radius 2 is 1.90 bits per heavy atom. The van der Waals surface area contributed by atoms with Gasteiger partial charge in [0.25, 0.3) is 0 Å². The van der Waals surface area contributed by atoms with Gasteiger partial charge in [0.15, 0.2) is 11.5 Å². The molecule has 2 fully saturated rings. The lowest BCUT2D eigenvalue weighted by atomic mass is 9.88. The lowest BCUT2D eigenvalue weighted by Crippen LogP contribution is -2.44. The van der Waals surface area contributed by atoms with Gasteiger partial charge in [-0.25, -0.2) is 4.79 Å². The molecular formula is C22H32N2O5. The summed E-state index contributed by atoms with van der Waals surface area (Å²) in [7, 11) is 1.49. The number of benzene rings is 1. The average Bonchev–Trinajstić information content (AvgIpc) is 2.74. The highest BCUT2D eigenvalue weighted by Crippen LogP contribution is 2.28. The molecule has 0 spiro atoms. The first-order valence-electron chi connectivity index (χ1n) is 10.6. The van der Waals surface area contributed by atoms with Crippen LogP contribution < -0.4 is 10.1 Å². The van der Waals surface area contributed by atoms with Crippen molar-refractivity contribution in [1.82, 2.24) is 10.2 Å². The number of phenolic OH excluding ortho intramolecular Hbond substituents is 1. The van der Waals surface area contributed by atoms with Crippen molar-refractivity contribution in [2.45, 2.75) is 58.1 Å². The van der Waals surface area contributed by atoms with E-state index in [1.807, 2.05) is 0 Å². The molecule has 2 aliphatic rings. The van der Waals surface area contributed by atoms with Crippen LogP contribution in [0, 0.1) is 11.8 Å². The Balaban J connectivity index is 1.42. The van der Waals surface area contributed by atoms with E-state index in [9.17, 15) is 14.7 Å². The van der Waals surface area contributed by atoms with E-state index in [1.165, 1.54) is 13.5 Å². The molecule has 3 rings (SSSR count). The van der Waals surface area contributed by atoms with Gasteiger partial charge in [-0.15, -0.1) is 0 Å². The van der Waals surface area contributed by atoms with Gasteiger partial charge in [0.1, 0.15) is 6.10 Å². The van der Waals surface area contributed by atoms with Crippen molar-refractivity contribution in [2.24, 2.45) is 11.8 Å². The van der Waals surface area contributed by atoms with Crippen LogP contribution in [0.4, 0.5) is 4.79 Å². The maximum atomic E-state index is 12.5. The molecule has 1 saturated carbocycles. The lowest BCUT2D eigenvalue weighted by molar-refractivity contribution is -0.126. The quantitative estimate of drug-likeness (QED) is 0.785. The van der Waals surface area contributed by atoms with Crippen molar-refractivity contribution >= 4 is 12.0 Å². The van der Waals surface area contributed by atoms with Crippen LogP contribution in [0.15, 0.2) is 18.2 Å². The Kier molecular flexibility index (Phi) is 7.23. The molecule has 1 aromatic carbocycles. The fourth-order valence-corrected chi connectivity index (χ4v) is 4.15. The van der Waals surface area contributed by atoms with Crippen molar-refractivity contribution in [1.29, 1.82) is 0 Å². The van der Waals surface area contributed by atoms with E-state index in [0.717, 1.165) is 24.8 Å². The number of amides is 2. The monoisotopic (exact) mass is 404 g/mol.